The number of carbonyl (C=O) groups excluding carboxylic acids is 1. The molecule has 0 aliphatic heterocycles. The Balaban J connectivity index is 1.99. The van der Waals surface area contributed by atoms with E-state index >= 15 is 0 Å². The van der Waals surface area contributed by atoms with Crippen LogP contribution in [0.3, 0.4) is 0 Å². The van der Waals surface area contributed by atoms with Gasteiger partial charge >= 0.3 is 0 Å². The second-order valence-corrected chi connectivity index (χ2v) is 5.38. The Hall–Kier alpha value is -1.81. The SMILES string of the molecule is CSc1ncccc1C(=O)NC[C@H](C)c1ccccc1. The van der Waals surface area contributed by atoms with E-state index in [1.54, 1.807) is 18.3 Å². The first-order valence-electron chi connectivity index (χ1n) is 6.54. The average molecular weight is 286 g/mol. The molecule has 2 rings (SSSR count). The first-order valence-corrected chi connectivity index (χ1v) is 7.77. The van der Waals surface area contributed by atoms with Gasteiger partial charge in [-0.1, -0.05) is 37.3 Å². The fraction of sp³-hybridized carbons (Fsp3) is 0.250. The molecule has 2 aromatic rings. The van der Waals surface area contributed by atoms with E-state index in [9.17, 15) is 4.79 Å². The Bertz CT molecular complexity index is 572. The van der Waals surface area contributed by atoms with Crippen LogP contribution in [0.25, 0.3) is 0 Å². The number of rotatable bonds is 5. The number of pyridine rings is 1. The van der Waals surface area contributed by atoms with Crippen molar-refractivity contribution in [2.75, 3.05) is 12.8 Å². The summed E-state index contributed by atoms with van der Waals surface area (Å²) in [6.45, 7) is 2.72. The maximum atomic E-state index is 12.2. The Morgan fingerprint density at radius 1 is 1.25 bits per heavy atom. The smallest absolute Gasteiger partial charge is 0.254 e. The van der Waals surface area contributed by atoms with Crippen LogP contribution in [-0.4, -0.2) is 23.7 Å². The van der Waals surface area contributed by atoms with Gasteiger partial charge in [0, 0.05) is 12.7 Å². The molecule has 0 saturated heterocycles. The molecular weight excluding hydrogens is 268 g/mol. The van der Waals surface area contributed by atoms with Gasteiger partial charge in [0.2, 0.25) is 0 Å². The van der Waals surface area contributed by atoms with Gasteiger partial charge in [0.1, 0.15) is 5.03 Å². The van der Waals surface area contributed by atoms with Crippen molar-refractivity contribution in [1.29, 1.82) is 0 Å². The number of nitrogens with one attached hydrogen (secondary N) is 1. The molecule has 0 aliphatic rings. The Labute approximate surface area is 123 Å². The summed E-state index contributed by atoms with van der Waals surface area (Å²) in [5.41, 5.74) is 1.87. The predicted octanol–water partition coefficient (Wildman–Crippen LogP) is 3.34. The zero-order valence-corrected chi connectivity index (χ0v) is 12.5. The Morgan fingerprint density at radius 2 is 2.00 bits per heavy atom. The highest BCUT2D eigenvalue weighted by atomic mass is 32.2. The molecule has 1 amide bonds. The molecule has 0 bridgehead atoms. The summed E-state index contributed by atoms with van der Waals surface area (Å²) in [5.74, 6) is 0.222. The molecule has 104 valence electrons. The molecule has 0 spiro atoms. The minimum Gasteiger partial charge on any atom is -0.351 e. The summed E-state index contributed by atoms with van der Waals surface area (Å²) in [5, 5.41) is 3.74. The summed E-state index contributed by atoms with van der Waals surface area (Å²) in [6.07, 6.45) is 3.63. The quantitative estimate of drug-likeness (QED) is 0.857. The van der Waals surface area contributed by atoms with E-state index in [-0.39, 0.29) is 11.8 Å². The van der Waals surface area contributed by atoms with Crippen molar-refractivity contribution in [2.45, 2.75) is 17.9 Å². The van der Waals surface area contributed by atoms with Crippen LogP contribution in [0.4, 0.5) is 0 Å². The summed E-state index contributed by atoms with van der Waals surface area (Å²) in [6, 6.07) is 13.8. The number of hydrogen-bond donors (Lipinski definition) is 1. The minimum absolute atomic E-state index is 0.0646. The van der Waals surface area contributed by atoms with Crippen LogP contribution in [0.2, 0.25) is 0 Å². The second-order valence-electron chi connectivity index (χ2n) is 4.58. The van der Waals surface area contributed by atoms with Crippen molar-refractivity contribution >= 4 is 17.7 Å². The second kappa shape index (κ2) is 7.10. The van der Waals surface area contributed by atoms with E-state index in [0.29, 0.717) is 12.1 Å². The fourth-order valence-electron chi connectivity index (χ4n) is 1.97. The van der Waals surface area contributed by atoms with Crippen LogP contribution < -0.4 is 5.32 Å². The molecule has 1 aromatic heterocycles. The largest absolute Gasteiger partial charge is 0.351 e. The third-order valence-corrected chi connectivity index (χ3v) is 3.86. The highest BCUT2D eigenvalue weighted by Crippen LogP contribution is 2.17. The molecule has 1 N–H and O–H groups in total. The molecule has 1 atom stereocenters. The number of hydrogen-bond acceptors (Lipinski definition) is 3. The number of nitrogens with zero attached hydrogens (tertiary/aromatic N) is 1. The number of thioether (sulfide) groups is 1. The van der Waals surface area contributed by atoms with Crippen LogP contribution in [-0.2, 0) is 0 Å². The molecule has 1 heterocycles. The maximum absolute atomic E-state index is 12.2. The summed E-state index contributed by atoms with van der Waals surface area (Å²) in [7, 11) is 0. The first kappa shape index (κ1) is 14.6. The fourth-order valence-corrected chi connectivity index (χ4v) is 2.51. The van der Waals surface area contributed by atoms with Gasteiger partial charge in [0.05, 0.1) is 5.56 Å². The van der Waals surface area contributed by atoms with Crippen LogP contribution in [0, 0.1) is 0 Å². The van der Waals surface area contributed by atoms with Crippen molar-refractivity contribution in [2.24, 2.45) is 0 Å². The number of benzene rings is 1. The zero-order valence-electron chi connectivity index (χ0n) is 11.7. The third kappa shape index (κ3) is 3.61. The summed E-state index contributed by atoms with van der Waals surface area (Å²) < 4.78 is 0. The highest BCUT2D eigenvalue weighted by Gasteiger charge is 2.13. The predicted molar refractivity (Wildman–Crippen MR) is 83.2 cm³/mol. The van der Waals surface area contributed by atoms with Crippen LogP contribution in [0.15, 0.2) is 53.7 Å². The van der Waals surface area contributed by atoms with Gasteiger partial charge in [0.15, 0.2) is 0 Å². The van der Waals surface area contributed by atoms with Crippen molar-refractivity contribution in [3.63, 3.8) is 0 Å². The van der Waals surface area contributed by atoms with Gasteiger partial charge in [-0.2, -0.15) is 0 Å². The van der Waals surface area contributed by atoms with Crippen LogP contribution >= 0.6 is 11.8 Å². The lowest BCUT2D eigenvalue weighted by atomic mass is 10.0. The van der Waals surface area contributed by atoms with Crippen LogP contribution in [0.5, 0.6) is 0 Å². The van der Waals surface area contributed by atoms with Gasteiger partial charge in [-0.05, 0) is 29.9 Å². The lowest BCUT2D eigenvalue weighted by Gasteiger charge is -2.13. The molecule has 0 aliphatic carbocycles. The van der Waals surface area contributed by atoms with Crippen LogP contribution in [0.1, 0.15) is 28.8 Å². The third-order valence-electron chi connectivity index (χ3n) is 3.15. The van der Waals surface area contributed by atoms with E-state index < -0.39 is 0 Å². The molecule has 0 unspecified atom stereocenters. The topological polar surface area (TPSA) is 42.0 Å². The van der Waals surface area contributed by atoms with Gasteiger partial charge in [-0.25, -0.2) is 4.98 Å². The lowest BCUT2D eigenvalue weighted by molar-refractivity contribution is 0.0948. The van der Waals surface area contributed by atoms with Crippen molar-refractivity contribution in [3.8, 4) is 0 Å². The van der Waals surface area contributed by atoms with E-state index in [4.69, 9.17) is 0 Å². The number of aromatic nitrogens is 1. The molecular formula is C16H18N2OS. The monoisotopic (exact) mass is 286 g/mol. The van der Waals surface area contributed by atoms with Crippen molar-refractivity contribution < 1.29 is 4.79 Å². The minimum atomic E-state index is -0.0646. The Morgan fingerprint density at radius 3 is 2.70 bits per heavy atom. The van der Waals surface area contributed by atoms with Crippen molar-refractivity contribution in [3.05, 3.63) is 59.8 Å². The average Bonchev–Trinajstić information content (AvgIpc) is 2.53. The molecule has 3 nitrogen and oxygen atoms in total. The number of amides is 1. The van der Waals surface area contributed by atoms with E-state index in [1.165, 1.54) is 17.3 Å². The van der Waals surface area contributed by atoms with Crippen molar-refractivity contribution in [1.82, 2.24) is 10.3 Å². The lowest BCUT2D eigenvalue weighted by Crippen LogP contribution is -2.28. The van der Waals surface area contributed by atoms with E-state index in [0.717, 1.165) is 5.03 Å². The van der Waals surface area contributed by atoms with Gasteiger partial charge < -0.3 is 5.32 Å². The Kier molecular flexibility index (Phi) is 5.18. The maximum Gasteiger partial charge on any atom is 0.254 e. The zero-order chi connectivity index (χ0) is 14.4. The molecule has 0 saturated carbocycles. The van der Waals surface area contributed by atoms with Gasteiger partial charge in [0.25, 0.3) is 5.91 Å². The highest BCUT2D eigenvalue weighted by molar-refractivity contribution is 7.98. The molecule has 1 aromatic carbocycles. The van der Waals surface area contributed by atoms with E-state index in [1.807, 2.05) is 24.5 Å². The molecule has 0 fully saturated rings. The summed E-state index contributed by atoms with van der Waals surface area (Å²) in [4.78, 5) is 16.4. The van der Waals surface area contributed by atoms with E-state index in [2.05, 4.69) is 29.4 Å². The number of carbonyl (C=O) groups is 1. The normalized spacial score (nSPS) is 11.9. The molecule has 0 radical (unpaired) electrons. The molecule has 4 heteroatoms. The van der Waals surface area contributed by atoms with Gasteiger partial charge in [-0.3, -0.25) is 4.79 Å². The van der Waals surface area contributed by atoms with Gasteiger partial charge in [-0.15, -0.1) is 11.8 Å². The summed E-state index contributed by atoms with van der Waals surface area (Å²) >= 11 is 1.48. The molecule has 20 heavy (non-hydrogen) atoms. The first-order chi connectivity index (χ1) is 9.72. The standard InChI is InChI=1S/C16H18N2OS/c1-12(13-7-4-3-5-8-13)11-18-15(19)14-9-6-10-17-16(14)20-2/h3-10,12H,11H2,1-2H3,(H,18,19)/t12-/m0/s1.